The summed E-state index contributed by atoms with van der Waals surface area (Å²) < 4.78 is 32.6. The molecule has 1 aliphatic heterocycles. The first-order chi connectivity index (χ1) is 11.9. The molecule has 3 N–H and O–H groups in total. The van der Waals surface area contributed by atoms with Gasteiger partial charge in [-0.15, -0.1) is 0 Å². The average Bonchev–Trinajstić information content (AvgIpc) is 2.59. The van der Waals surface area contributed by atoms with E-state index in [0.29, 0.717) is 17.9 Å². The molecule has 2 rings (SSSR count). The Bertz CT molecular complexity index is 748. The molecule has 0 saturated heterocycles. The van der Waals surface area contributed by atoms with E-state index in [4.69, 9.17) is 4.74 Å². The van der Waals surface area contributed by atoms with Crippen molar-refractivity contribution >= 4 is 27.5 Å². The van der Waals surface area contributed by atoms with E-state index in [2.05, 4.69) is 15.4 Å². The smallest absolute Gasteiger partial charge is 0.265 e. The maximum absolute atomic E-state index is 12.3. The molecule has 1 aromatic carbocycles. The molecule has 1 atom stereocenters. The summed E-state index contributed by atoms with van der Waals surface area (Å²) >= 11 is 0. The molecule has 0 spiro atoms. The zero-order valence-corrected chi connectivity index (χ0v) is 15.1. The highest BCUT2D eigenvalue weighted by molar-refractivity contribution is 7.89. The van der Waals surface area contributed by atoms with Gasteiger partial charge in [-0.1, -0.05) is 13.3 Å². The molecule has 0 saturated carbocycles. The number of sulfonamides is 1. The van der Waals surface area contributed by atoms with Crippen molar-refractivity contribution in [3.63, 3.8) is 0 Å². The van der Waals surface area contributed by atoms with Crippen molar-refractivity contribution in [1.29, 1.82) is 0 Å². The van der Waals surface area contributed by atoms with Crippen molar-refractivity contribution in [1.82, 2.24) is 10.0 Å². The summed E-state index contributed by atoms with van der Waals surface area (Å²) in [5.74, 6) is -0.0833. The van der Waals surface area contributed by atoms with E-state index in [1.54, 1.807) is 0 Å². The van der Waals surface area contributed by atoms with E-state index in [1.165, 1.54) is 25.2 Å². The van der Waals surface area contributed by atoms with Gasteiger partial charge in [0.25, 0.3) is 5.91 Å². The Morgan fingerprint density at radius 2 is 2.12 bits per heavy atom. The predicted molar refractivity (Wildman–Crippen MR) is 92.9 cm³/mol. The predicted octanol–water partition coefficient (Wildman–Crippen LogP) is 0.991. The molecule has 0 unspecified atom stereocenters. The molecular weight excluding hydrogens is 346 g/mol. The number of amides is 2. The highest BCUT2D eigenvalue weighted by atomic mass is 32.2. The SMILES string of the molecule is CCCC[C@@H]1Oc2ccc(S(=O)(=O)NCCC(=O)NC)cc2NC1=O. The van der Waals surface area contributed by atoms with Gasteiger partial charge in [-0.2, -0.15) is 0 Å². The van der Waals surface area contributed by atoms with Crippen LogP contribution in [0.25, 0.3) is 0 Å². The van der Waals surface area contributed by atoms with Crippen LogP contribution in [0.3, 0.4) is 0 Å². The molecule has 25 heavy (non-hydrogen) atoms. The van der Waals surface area contributed by atoms with Crippen LogP contribution in [0.1, 0.15) is 32.6 Å². The number of anilines is 1. The Morgan fingerprint density at radius 1 is 1.36 bits per heavy atom. The fraction of sp³-hybridized carbons (Fsp3) is 0.500. The number of benzene rings is 1. The lowest BCUT2D eigenvalue weighted by atomic mass is 10.1. The largest absolute Gasteiger partial charge is 0.478 e. The molecule has 0 fully saturated rings. The number of rotatable bonds is 8. The Kier molecular flexibility index (Phi) is 6.38. The average molecular weight is 369 g/mol. The van der Waals surface area contributed by atoms with Gasteiger partial charge >= 0.3 is 0 Å². The van der Waals surface area contributed by atoms with E-state index in [1.807, 2.05) is 6.92 Å². The molecule has 9 heteroatoms. The molecule has 1 aromatic rings. The van der Waals surface area contributed by atoms with Crippen LogP contribution in [-0.4, -0.2) is 39.9 Å². The Labute approximate surface area is 147 Å². The monoisotopic (exact) mass is 369 g/mol. The number of hydrogen-bond acceptors (Lipinski definition) is 5. The lowest BCUT2D eigenvalue weighted by Crippen LogP contribution is -2.37. The highest BCUT2D eigenvalue weighted by Crippen LogP contribution is 2.32. The first-order valence-corrected chi connectivity index (χ1v) is 9.67. The molecule has 8 nitrogen and oxygen atoms in total. The molecule has 0 radical (unpaired) electrons. The third-order valence-electron chi connectivity index (χ3n) is 3.82. The molecular formula is C16H23N3O5S. The molecule has 1 aliphatic rings. The maximum Gasteiger partial charge on any atom is 0.265 e. The van der Waals surface area contributed by atoms with Crippen molar-refractivity contribution in [2.75, 3.05) is 18.9 Å². The molecule has 138 valence electrons. The topological polar surface area (TPSA) is 114 Å². The van der Waals surface area contributed by atoms with Crippen molar-refractivity contribution < 1.29 is 22.7 Å². The Balaban J connectivity index is 2.09. The van der Waals surface area contributed by atoms with Gasteiger partial charge in [-0.3, -0.25) is 9.59 Å². The highest BCUT2D eigenvalue weighted by Gasteiger charge is 2.28. The summed E-state index contributed by atoms with van der Waals surface area (Å²) in [6.07, 6.45) is 1.93. The number of carbonyl (C=O) groups is 2. The third kappa shape index (κ3) is 4.93. The van der Waals surface area contributed by atoms with E-state index in [9.17, 15) is 18.0 Å². The number of ether oxygens (including phenoxy) is 1. The van der Waals surface area contributed by atoms with Gasteiger partial charge in [0.05, 0.1) is 10.6 Å². The van der Waals surface area contributed by atoms with Crippen LogP contribution in [0, 0.1) is 0 Å². The van der Waals surface area contributed by atoms with E-state index in [0.717, 1.165) is 12.8 Å². The third-order valence-corrected chi connectivity index (χ3v) is 5.28. The summed E-state index contributed by atoms with van der Waals surface area (Å²) in [7, 11) is -2.30. The fourth-order valence-corrected chi connectivity index (χ4v) is 3.44. The van der Waals surface area contributed by atoms with Gasteiger partial charge in [0.1, 0.15) is 5.75 Å². The van der Waals surface area contributed by atoms with Crippen LogP contribution in [0.4, 0.5) is 5.69 Å². The standard InChI is InChI=1S/C16H23N3O5S/c1-3-4-5-14-16(21)19-12-10-11(6-7-13(12)24-14)25(22,23)18-9-8-15(20)17-2/h6-7,10,14,18H,3-5,8-9H2,1-2H3,(H,17,20)(H,19,21)/t14-/m0/s1. The summed E-state index contributed by atoms with van der Waals surface area (Å²) in [6.45, 7) is 2.02. The van der Waals surface area contributed by atoms with Crippen LogP contribution in [0.2, 0.25) is 0 Å². The van der Waals surface area contributed by atoms with Crippen LogP contribution >= 0.6 is 0 Å². The zero-order valence-electron chi connectivity index (χ0n) is 14.3. The number of fused-ring (bicyclic) bond motifs is 1. The van der Waals surface area contributed by atoms with Gasteiger partial charge in [-0.25, -0.2) is 13.1 Å². The number of hydrogen-bond donors (Lipinski definition) is 3. The Hall–Kier alpha value is -2.13. The Morgan fingerprint density at radius 3 is 2.80 bits per heavy atom. The minimum atomic E-state index is -3.78. The van der Waals surface area contributed by atoms with Crippen molar-refractivity contribution in [3.8, 4) is 5.75 Å². The second-order valence-electron chi connectivity index (χ2n) is 5.72. The molecule has 2 amide bonds. The first kappa shape index (κ1) is 19.2. The first-order valence-electron chi connectivity index (χ1n) is 8.19. The second kappa shape index (κ2) is 8.30. The summed E-state index contributed by atoms with van der Waals surface area (Å²) in [5, 5.41) is 5.11. The van der Waals surface area contributed by atoms with Gasteiger partial charge in [0.2, 0.25) is 15.9 Å². The lowest BCUT2D eigenvalue weighted by molar-refractivity contribution is -0.124. The molecule has 1 heterocycles. The lowest BCUT2D eigenvalue weighted by Gasteiger charge is -2.26. The number of nitrogens with one attached hydrogen (secondary N) is 3. The quantitative estimate of drug-likeness (QED) is 0.632. The summed E-state index contributed by atoms with van der Waals surface area (Å²) in [6, 6.07) is 4.29. The van der Waals surface area contributed by atoms with Gasteiger partial charge in [0, 0.05) is 20.0 Å². The molecule has 0 bridgehead atoms. The van der Waals surface area contributed by atoms with Crippen LogP contribution in [-0.2, 0) is 19.6 Å². The van der Waals surface area contributed by atoms with Gasteiger partial charge < -0.3 is 15.4 Å². The van der Waals surface area contributed by atoms with Crippen molar-refractivity contribution in [2.24, 2.45) is 0 Å². The van der Waals surface area contributed by atoms with E-state index >= 15 is 0 Å². The minimum absolute atomic E-state index is 0.000866. The van der Waals surface area contributed by atoms with Crippen LogP contribution in [0.5, 0.6) is 5.75 Å². The normalized spacial score (nSPS) is 16.6. The van der Waals surface area contributed by atoms with Crippen molar-refractivity contribution in [2.45, 2.75) is 43.6 Å². The second-order valence-corrected chi connectivity index (χ2v) is 7.48. The maximum atomic E-state index is 12.3. The summed E-state index contributed by atoms with van der Waals surface area (Å²) in [4.78, 5) is 23.2. The van der Waals surface area contributed by atoms with Gasteiger partial charge in [-0.05, 0) is 31.0 Å². The summed E-state index contributed by atoms with van der Waals surface area (Å²) in [5.41, 5.74) is 0.326. The minimum Gasteiger partial charge on any atom is -0.478 e. The number of carbonyl (C=O) groups excluding carboxylic acids is 2. The zero-order chi connectivity index (χ0) is 18.4. The van der Waals surface area contributed by atoms with Gasteiger partial charge in [0.15, 0.2) is 6.10 Å². The fourth-order valence-electron chi connectivity index (χ4n) is 2.38. The van der Waals surface area contributed by atoms with Crippen LogP contribution in [0.15, 0.2) is 23.1 Å². The van der Waals surface area contributed by atoms with Crippen molar-refractivity contribution in [3.05, 3.63) is 18.2 Å². The van der Waals surface area contributed by atoms with Crippen LogP contribution < -0.4 is 20.1 Å². The van der Waals surface area contributed by atoms with E-state index < -0.39 is 16.1 Å². The van der Waals surface area contributed by atoms with E-state index in [-0.39, 0.29) is 29.7 Å². The molecule has 0 aromatic heterocycles. The number of unbranched alkanes of at least 4 members (excludes halogenated alkanes) is 1. The molecule has 0 aliphatic carbocycles.